The summed E-state index contributed by atoms with van der Waals surface area (Å²) in [6, 6.07) is 1.02. The fourth-order valence-corrected chi connectivity index (χ4v) is 3.72. The van der Waals surface area contributed by atoms with Gasteiger partial charge in [-0.25, -0.2) is 4.79 Å². The Bertz CT molecular complexity index is 1140. The van der Waals surface area contributed by atoms with E-state index in [9.17, 15) is 48.9 Å². The molecule has 0 unspecified atom stereocenters. The number of carboxylic acid groups (broad SMARTS) is 2. The van der Waals surface area contributed by atoms with Crippen molar-refractivity contribution in [2.24, 2.45) is 17.4 Å². The first-order chi connectivity index (χ1) is 19.5. The fraction of sp³-hybridized carbons (Fsp3) is 0.500. The molecule has 1 aromatic carbocycles. The first-order valence-corrected chi connectivity index (χ1v) is 12.9. The number of primary amides is 1. The zero-order valence-corrected chi connectivity index (χ0v) is 23.4. The predicted octanol–water partition coefficient (Wildman–Crippen LogP) is -3.03. The molecule has 232 valence electrons. The molecule has 0 spiro atoms. The lowest BCUT2D eigenvalue weighted by Gasteiger charge is -2.27. The number of carboxylic acids is 2. The van der Waals surface area contributed by atoms with E-state index < -0.39 is 96.5 Å². The van der Waals surface area contributed by atoms with Gasteiger partial charge in [0, 0.05) is 0 Å². The van der Waals surface area contributed by atoms with Crippen molar-refractivity contribution in [1.29, 1.82) is 0 Å². The van der Waals surface area contributed by atoms with E-state index >= 15 is 0 Å². The summed E-state index contributed by atoms with van der Waals surface area (Å²) in [6.45, 7) is 4.17. The number of hydrogen-bond donors (Lipinski definition) is 9. The quantitative estimate of drug-likeness (QED) is 0.0874. The van der Waals surface area contributed by atoms with E-state index in [-0.39, 0.29) is 6.42 Å². The average Bonchev–Trinajstić information content (AvgIpc) is 2.88. The lowest BCUT2D eigenvalue weighted by atomic mass is 10.0. The molecule has 0 saturated carbocycles. The SMILES string of the molecule is CC(C)[C@H](NC(=O)[C@H](CC(=O)O)NC(=O)[C@H](CC(N)=O)NC(=O)[C@@H](NC(=O)[C@@H](N)Cc1ccccc1)[C@@H](C)O)C(=O)O. The third kappa shape index (κ3) is 11.9. The Kier molecular flexibility index (Phi) is 14.0. The summed E-state index contributed by atoms with van der Waals surface area (Å²) in [5, 5.41) is 37.4. The van der Waals surface area contributed by atoms with Crippen molar-refractivity contribution in [1.82, 2.24) is 21.3 Å². The second-order valence-electron chi connectivity index (χ2n) is 9.98. The van der Waals surface area contributed by atoms with Crippen molar-refractivity contribution in [3.05, 3.63) is 35.9 Å². The molecule has 1 rings (SSSR count). The number of rotatable bonds is 17. The molecule has 16 heteroatoms. The Morgan fingerprint density at radius 3 is 1.71 bits per heavy atom. The van der Waals surface area contributed by atoms with Gasteiger partial charge in [0.05, 0.1) is 25.0 Å². The summed E-state index contributed by atoms with van der Waals surface area (Å²) in [4.78, 5) is 85.8. The van der Waals surface area contributed by atoms with E-state index in [1.54, 1.807) is 30.3 Å². The highest BCUT2D eigenvalue weighted by Gasteiger charge is 2.35. The van der Waals surface area contributed by atoms with Crippen molar-refractivity contribution in [2.75, 3.05) is 0 Å². The van der Waals surface area contributed by atoms with Crippen LogP contribution < -0.4 is 32.7 Å². The van der Waals surface area contributed by atoms with Gasteiger partial charge in [-0.3, -0.25) is 28.8 Å². The Balaban J connectivity index is 3.07. The van der Waals surface area contributed by atoms with Gasteiger partial charge in [-0.15, -0.1) is 0 Å². The Hall–Kier alpha value is -4.57. The molecule has 6 atom stereocenters. The van der Waals surface area contributed by atoms with Crippen molar-refractivity contribution in [2.45, 2.75) is 76.3 Å². The van der Waals surface area contributed by atoms with Crippen LogP contribution in [0, 0.1) is 5.92 Å². The van der Waals surface area contributed by atoms with Crippen molar-refractivity contribution in [3.63, 3.8) is 0 Å². The van der Waals surface area contributed by atoms with Crippen molar-refractivity contribution in [3.8, 4) is 0 Å². The van der Waals surface area contributed by atoms with E-state index in [0.29, 0.717) is 0 Å². The number of nitrogens with two attached hydrogens (primary N) is 2. The molecule has 0 aliphatic heterocycles. The molecule has 0 aliphatic rings. The number of aliphatic hydroxyl groups is 1. The minimum Gasteiger partial charge on any atom is -0.481 e. The molecule has 5 amide bonds. The first kappa shape index (κ1) is 35.5. The van der Waals surface area contributed by atoms with Gasteiger partial charge in [0.1, 0.15) is 24.2 Å². The molecule has 0 aromatic heterocycles. The lowest BCUT2D eigenvalue weighted by molar-refractivity contribution is -0.144. The topological polar surface area (TPSA) is 280 Å². The number of benzene rings is 1. The summed E-state index contributed by atoms with van der Waals surface area (Å²) in [6.07, 6.45) is -3.16. The zero-order chi connectivity index (χ0) is 32.1. The minimum atomic E-state index is -1.80. The third-order valence-corrected chi connectivity index (χ3v) is 5.98. The van der Waals surface area contributed by atoms with Crippen LogP contribution in [0.25, 0.3) is 0 Å². The van der Waals surface area contributed by atoms with Crippen LogP contribution in [-0.2, 0) is 40.0 Å². The van der Waals surface area contributed by atoms with Gasteiger partial charge in [0.15, 0.2) is 0 Å². The van der Waals surface area contributed by atoms with Crippen LogP contribution in [-0.4, -0.2) is 93.1 Å². The summed E-state index contributed by atoms with van der Waals surface area (Å²) in [5.74, 6) is -8.85. The second kappa shape index (κ2) is 16.6. The molecule has 0 heterocycles. The molecular weight excluding hydrogens is 556 g/mol. The number of nitrogens with one attached hydrogen (secondary N) is 4. The summed E-state index contributed by atoms with van der Waals surface area (Å²) in [7, 11) is 0. The van der Waals surface area contributed by atoms with Gasteiger partial charge in [-0.05, 0) is 24.8 Å². The van der Waals surface area contributed by atoms with Gasteiger partial charge in [0.25, 0.3) is 0 Å². The highest BCUT2D eigenvalue weighted by molar-refractivity contribution is 5.98. The van der Waals surface area contributed by atoms with Gasteiger partial charge in [-0.2, -0.15) is 0 Å². The van der Waals surface area contributed by atoms with Crippen LogP contribution in [0.5, 0.6) is 0 Å². The molecular formula is C26H38N6O10. The maximum atomic E-state index is 13.0. The first-order valence-electron chi connectivity index (χ1n) is 12.9. The van der Waals surface area contributed by atoms with Crippen LogP contribution in [0.15, 0.2) is 30.3 Å². The van der Waals surface area contributed by atoms with E-state index in [0.717, 1.165) is 5.56 Å². The summed E-state index contributed by atoms with van der Waals surface area (Å²) < 4.78 is 0. The maximum absolute atomic E-state index is 13.0. The van der Waals surface area contributed by atoms with Crippen LogP contribution in [0.1, 0.15) is 39.2 Å². The Morgan fingerprint density at radius 1 is 0.738 bits per heavy atom. The smallest absolute Gasteiger partial charge is 0.326 e. The molecule has 1 aromatic rings. The molecule has 0 radical (unpaired) electrons. The monoisotopic (exact) mass is 594 g/mol. The number of hydrogen-bond acceptors (Lipinski definition) is 9. The van der Waals surface area contributed by atoms with Crippen LogP contribution >= 0.6 is 0 Å². The molecule has 0 aliphatic carbocycles. The Labute approximate surface area is 241 Å². The van der Waals surface area contributed by atoms with E-state index in [1.807, 2.05) is 0 Å². The molecule has 42 heavy (non-hydrogen) atoms. The van der Waals surface area contributed by atoms with Crippen LogP contribution in [0.2, 0.25) is 0 Å². The van der Waals surface area contributed by atoms with E-state index in [4.69, 9.17) is 11.5 Å². The van der Waals surface area contributed by atoms with Gasteiger partial charge in [0.2, 0.25) is 29.5 Å². The van der Waals surface area contributed by atoms with Crippen molar-refractivity contribution < 1.29 is 48.9 Å². The van der Waals surface area contributed by atoms with Crippen molar-refractivity contribution >= 4 is 41.5 Å². The van der Waals surface area contributed by atoms with Gasteiger partial charge in [-0.1, -0.05) is 44.2 Å². The van der Waals surface area contributed by atoms with Crippen LogP contribution in [0.3, 0.4) is 0 Å². The highest BCUT2D eigenvalue weighted by atomic mass is 16.4. The standard InChI is InChI=1S/C26H38N6O10/c1-12(2)20(26(41)42)31-24(39)17(11-19(35)36)29-23(38)16(10-18(28)34)30-25(40)21(13(3)33)32-22(37)15(27)9-14-7-5-4-6-8-14/h4-8,12-13,15-17,20-21,33H,9-11,27H2,1-3H3,(H2,28,34)(H,29,38)(H,30,40)(H,31,39)(H,32,37)(H,35,36)(H,41,42)/t13-,15+,16+,17+,20+,21+/m1/s1. The minimum absolute atomic E-state index is 0.111. The third-order valence-electron chi connectivity index (χ3n) is 5.98. The second-order valence-corrected chi connectivity index (χ2v) is 9.98. The number of aliphatic hydroxyl groups excluding tert-OH is 1. The largest absolute Gasteiger partial charge is 0.481 e. The van der Waals surface area contributed by atoms with E-state index in [2.05, 4.69) is 21.3 Å². The summed E-state index contributed by atoms with van der Waals surface area (Å²) >= 11 is 0. The molecule has 0 saturated heterocycles. The van der Waals surface area contributed by atoms with E-state index in [1.165, 1.54) is 20.8 Å². The lowest BCUT2D eigenvalue weighted by Crippen LogP contribution is -2.61. The Morgan fingerprint density at radius 2 is 1.24 bits per heavy atom. The number of carbonyl (C=O) groups excluding carboxylic acids is 5. The number of aliphatic carboxylic acids is 2. The molecule has 0 fully saturated rings. The van der Waals surface area contributed by atoms with Gasteiger partial charge < -0.3 is 48.1 Å². The van der Waals surface area contributed by atoms with Crippen LogP contribution in [0.4, 0.5) is 0 Å². The number of carbonyl (C=O) groups is 7. The number of amides is 5. The molecule has 0 bridgehead atoms. The fourth-order valence-electron chi connectivity index (χ4n) is 3.72. The normalized spacial score (nSPS) is 15.2. The predicted molar refractivity (Wildman–Crippen MR) is 146 cm³/mol. The maximum Gasteiger partial charge on any atom is 0.326 e. The molecule has 11 N–H and O–H groups in total. The summed E-state index contributed by atoms with van der Waals surface area (Å²) in [5.41, 5.74) is 11.9. The zero-order valence-electron chi connectivity index (χ0n) is 23.4. The molecule has 16 nitrogen and oxygen atoms in total. The van der Waals surface area contributed by atoms with Gasteiger partial charge >= 0.3 is 11.9 Å². The highest BCUT2D eigenvalue weighted by Crippen LogP contribution is 2.06. The average molecular weight is 595 g/mol.